The molecule has 0 spiro atoms. The summed E-state index contributed by atoms with van der Waals surface area (Å²) in [6.45, 7) is 2.79. The van der Waals surface area contributed by atoms with Crippen LogP contribution in [0.3, 0.4) is 0 Å². The molecule has 0 N–H and O–H groups in total. The van der Waals surface area contributed by atoms with Crippen LogP contribution in [0.4, 0.5) is 4.39 Å². The quantitative estimate of drug-likeness (QED) is 0.687. The van der Waals surface area contributed by atoms with E-state index >= 15 is 0 Å². The van der Waals surface area contributed by atoms with Crippen LogP contribution in [0.2, 0.25) is 0 Å². The predicted molar refractivity (Wildman–Crippen MR) is 85.2 cm³/mol. The zero-order valence-corrected chi connectivity index (χ0v) is 13.2. The average molecular weight is 309 g/mol. The van der Waals surface area contributed by atoms with Crippen molar-refractivity contribution >= 4 is 22.6 Å². The Kier molecular flexibility index (Phi) is 4.48. The minimum Gasteiger partial charge on any atom is -0.327 e. The van der Waals surface area contributed by atoms with Crippen molar-refractivity contribution in [3.8, 4) is 0 Å². The van der Waals surface area contributed by atoms with E-state index in [2.05, 4.69) is 9.55 Å². The second kappa shape index (κ2) is 6.35. The van der Waals surface area contributed by atoms with Crippen LogP contribution in [-0.2, 0) is 6.54 Å². The molecule has 114 valence electrons. The van der Waals surface area contributed by atoms with E-state index in [1.165, 1.54) is 38.2 Å². The maximum atomic E-state index is 13.9. The number of fused-ring (bicyclic) bond motifs is 1. The number of para-hydroxylation sites is 1. The second-order valence-corrected chi connectivity index (χ2v) is 6.79. The standard InChI is InChI=1S/C17H22ClFN2/c1-12(18)17-20-16-14(19)8-5-9-15(16)21(17)11-10-13-6-3-2-4-7-13/h5,8-9,12-13H,2-4,6-7,10-11H2,1H3. The largest absolute Gasteiger partial charge is 0.327 e. The Morgan fingerprint density at radius 1 is 1.33 bits per heavy atom. The Bertz CT molecular complexity index is 615. The third kappa shape index (κ3) is 3.08. The van der Waals surface area contributed by atoms with Gasteiger partial charge in [-0.2, -0.15) is 0 Å². The summed E-state index contributed by atoms with van der Waals surface area (Å²) in [6.07, 6.45) is 7.86. The van der Waals surface area contributed by atoms with Crippen LogP contribution in [0.5, 0.6) is 0 Å². The minimum absolute atomic E-state index is 0.205. The molecule has 0 saturated heterocycles. The summed E-state index contributed by atoms with van der Waals surface area (Å²) in [4.78, 5) is 4.43. The number of aromatic nitrogens is 2. The van der Waals surface area contributed by atoms with Crippen LogP contribution in [0.15, 0.2) is 18.2 Å². The lowest BCUT2D eigenvalue weighted by atomic mass is 9.87. The Morgan fingerprint density at radius 3 is 2.81 bits per heavy atom. The maximum absolute atomic E-state index is 13.9. The van der Waals surface area contributed by atoms with E-state index in [1.807, 2.05) is 13.0 Å². The van der Waals surface area contributed by atoms with Crippen molar-refractivity contribution < 1.29 is 4.39 Å². The molecule has 1 atom stereocenters. The van der Waals surface area contributed by atoms with Crippen molar-refractivity contribution in [3.05, 3.63) is 29.8 Å². The highest BCUT2D eigenvalue weighted by molar-refractivity contribution is 6.20. The number of rotatable bonds is 4. The molecule has 1 aliphatic carbocycles. The number of nitrogens with zero attached hydrogens (tertiary/aromatic N) is 2. The van der Waals surface area contributed by atoms with Gasteiger partial charge in [-0.05, 0) is 31.4 Å². The summed E-state index contributed by atoms with van der Waals surface area (Å²) in [5.74, 6) is 1.32. The predicted octanol–water partition coefficient (Wildman–Crippen LogP) is 5.45. The number of aryl methyl sites for hydroxylation is 1. The van der Waals surface area contributed by atoms with Gasteiger partial charge in [-0.1, -0.05) is 38.2 Å². The van der Waals surface area contributed by atoms with Gasteiger partial charge in [0.05, 0.1) is 10.9 Å². The van der Waals surface area contributed by atoms with E-state index in [0.29, 0.717) is 5.52 Å². The molecule has 1 heterocycles. The van der Waals surface area contributed by atoms with Gasteiger partial charge >= 0.3 is 0 Å². The van der Waals surface area contributed by atoms with Gasteiger partial charge in [0.15, 0.2) is 5.82 Å². The van der Waals surface area contributed by atoms with Crippen LogP contribution < -0.4 is 0 Å². The van der Waals surface area contributed by atoms with Crippen LogP contribution in [-0.4, -0.2) is 9.55 Å². The van der Waals surface area contributed by atoms with Gasteiger partial charge in [0, 0.05) is 6.54 Å². The molecule has 0 radical (unpaired) electrons. The summed E-state index contributed by atoms with van der Waals surface area (Å²) in [5.41, 5.74) is 1.32. The van der Waals surface area contributed by atoms with E-state index in [9.17, 15) is 4.39 Å². The van der Waals surface area contributed by atoms with Crippen LogP contribution in [0.25, 0.3) is 11.0 Å². The lowest BCUT2D eigenvalue weighted by Gasteiger charge is -2.22. The molecule has 1 fully saturated rings. The van der Waals surface area contributed by atoms with Crippen LogP contribution >= 0.6 is 11.6 Å². The fourth-order valence-electron chi connectivity index (χ4n) is 3.46. The number of alkyl halides is 1. The van der Waals surface area contributed by atoms with Crippen molar-refractivity contribution in [2.45, 2.75) is 57.4 Å². The van der Waals surface area contributed by atoms with Crippen LogP contribution in [0, 0.1) is 11.7 Å². The first-order valence-corrected chi connectivity index (χ1v) is 8.39. The topological polar surface area (TPSA) is 17.8 Å². The van der Waals surface area contributed by atoms with Crippen molar-refractivity contribution in [1.29, 1.82) is 0 Å². The van der Waals surface area contributed by atoms with Gasteiger partial charge in [-0.15, -0.1) is 11.6 Å². The molecule has 2 nitrogen and oxygen atoms in total. The van der Waals surface area contributed by atoms with E-state index < -0.39 is 0 Å². The molecule has 0 bridgehead atoms. The molecule has 3 rings (SSSR count). The minimum atomic E-state index is -0.262. The summed E-state index contributed by atoms with van der Waals surface area (Å²) >= 11 is 6.25. The third-order valence-electron chi connectivity index (χ3n) is 4.60. The first kappa shape index (κ1) is 14.8. The molecule has 21 heavy (non-hydrogen) atoms. The Hall–Kier alpha value is -1.09. The number of halogens is 2. The van der Waals surface area contributed by atoms with E-state index in [-0.39, 0.29) is 11.2 Å². The van der Waals surface area contributed by atoms with Gasteiger partial charge in [0.2, 0.25) is 0 Å². The monoisotopic (exact) mass is 308 g/mol. The van der Waals surface area contributed by atoms with Crippen molar-refractivity contribution in [3.63, 3.8) is 0 Å². The highest BCUT2D eigenvalue weighted by atomic mass is 35.5. The van der Waals surface area contributed by atoms with Gasteiger partial charge < -0.3 is 4.57 Å². The Morgan fingerprint density at radius 2 is 2.10 bits per heavy atom. The fraction of sp³-hybridized carbons (Fsp3) is 0.588. The molecule has 2 aromatic rings. The summed E-state index contributed by atoms with van der Waals surface area (Å²) in [5, 5.41) is -0.205. The summed E-state index contributed by atoms with van der Waals surface area (Å²) in [7, 11) is 0. The zero-order chi connectivity index (χ0) is 14.8. The first-order chi connectivity index (χ1) is 10.2. The maximum Gasteiger partial charge on any atom is 0.151 e. The summed E-state index contributed by atoms with van der Waals surface area (Å²) < 4.78 is 16.0. The first-order valence-electron chi connectivity index (χ1n) is 7.95. The molecule has 4 heteroatoms. The van der Waals surface area contributed by atoms with Gasteiger partial charge in [0.1, 0.15) is 11.3 Å². The van der Waals surface area contributed by atoms with E-state index in [1.54, 1.807) is 6.07 Å². The molecular weight excluding hydrogens is 287 g/mol. The molecule has 0 aliphatic heterocycles. The van der Waals surface area contributed by atoms with E-state index in [4.69, 9.17) is 11.6 Å². The molecule has 1 aliphatic rings. The molecule has 0 amide bonds. The van der Waals surface area contributed by atoms with Gasteiger partial charge in [0.25, 0.3) is 0 Å². The Balaban J connectivity index is 1.88. The number of benzene rings is 1. The van der Waals surface area contributed by atoms with Crippen molar-refractivity contribution in [1.82, 2.24) is 9.55 Å². The number of imidazole rings is 1. The fourth-order valence-corrected chi connectivity index (χ4v) is 3.62. The average Bonchev–Trinajstić information content (AvgIpc) is 2.87. The number of hydrogen-bond acceptors (Lipinski definition) is 1. The lowest BCUT2D eigenvalue weighted by Crippen LogP contribution is -2.12. The molecule has 1 unspecified atom stereocenters. The Labute approximate surface area is 130 Å². The molecular formula is C17H22ClFN2. The summed E-state index contributed by atoms with van der Waals surface area (Å²) in [6, 6.07) is 5.15. The highest BCUT2D eigenvalue weighted by Gasteiger charge is 2.19. The van der Waals surface area contributed by atoms with E-state index in [0.717, 1.165) is 30.2 Å². The highest BCUT2D eigenvalue weighted by Crippen LogP contribution is 2.30. The lowest BCUT2D eigenvalue weighted by molar-refractivity contribution is 0.324. The van der Waals surface area contributed by atoms with Gasteiger partial charge in [-0.3, -0.25) is 0 Å². The molecule has 1 aromatic carbocycles. The number of hydrogen-bond donors (Lipinski definition) is 0. The normalized spacial score (nSPS) is 18.2. The second-order valence-electron chi connectivity index (χ2n) is 6.14. The van der Waals surface area contributed by atoms with Crippen molar-refractivity contribution in [2.24, 2.45) is 5.92 Å². The van der Waals surface area contributed by atoms with Crippen LogP contribution in [0.1, 0.15) is 56.7 Å². The third-order valence-corrected chi connectivity index (χ3v) is 4.80. The molecule has 1 aromatic heterocycles. The zero-order valence-electron chi connectivity index (χ0n) is 12.5. The SMILES string of the molecule is CC(Cl)c1nc2c(F)cccc2n1CCC1CCCCC1. The smallest absolute Gasteiger partial charge is 0.151 e. The van der Waals surface area contributed by atoms with Crippen molar-refractivity contribution in [2.75, 3.05) is 0 Å². The molecule has 1 saturated carbocycles. The van der Waals surface area contributed by atoms with Gasteiger partial charge in [-0.25, -0.2) is 9.37 Å².